The molecule has 0 bridgehead atoms. The third-order valence-corrected chi connectivity index (χ3v) is 5.28. The van der Waals surface area contributed by atoms with Gasteiger partial charge in [0.05, 0.1) is 12.8 Å². The Balaban J connectivity index is 1.48. The smallest absolute Gasteiger partial charge is 0.325 e. The van der Waals surface area contributed by atoms with E-state index in [1.54, 1.807) is 14.2 Å². The fourth-order valence-corrected chi connectivity index (χ4v) is 3.79. The summed E-state index contributed by atoms with van der Waals surface area (Å²) in [6.45, 7) is 5.34. The maximum absolute atomic E-state index is 12.3. The number of benzene rings is 1. The van der Waals surface area contributed by atoms with E-state index in [2.05, 4.69) is 20.5 Å². The highest BCUT2D eigenvalue weighted by atomic mass is 16.5. The second-order valence-electron chi connectivity index (χ2n) is 7.15. The van der Waals surface area contributed by atoms with Crippen LogP contribution in [0.3, 0.4) is 0 Å². The van der Waals surface area contributed by atoms with Crippen molar-refractivity contribution in [2.24, 2.45) is 4.99 Å². The second-order valence-corrected chi connectivity index (χ2v) is 7.15. The van der Waals surface area contributed by atoms with E-state index in [-0.39, 0.29) is 5.91 Å². The summed E-state index contributed by atoms with van der Waals surface area (Å²) < 4.78 is 5.41. The number of hydrogen-bond donors (Lipinski definition) is 2. The van der Waals surface area contributed by atoms with Crippen molar-refractivity contribution in [2.45, 2.75) is 26.1 Å². The average Bonchev–Trinajstić information content (AvgIpc) is 3.16. The Morgan fingerprint density at radius 2 is 2.07 bits per heavy atom. The molecule has 9 nitrogen and oxygen atoms in total. The molecule has 3 aliphatic rings. The van der Waals surface area contributed by atoms with Crippen molar-refractivity contribution in [2.75, 3.05) is 32.6 Å². The molecule has 9 heteroatoms. The molecule has 0 spiro atoms. The fourth-order valence-electron chi connectivity index (χ4n) is 3.79. The predicted molar refractivity (Wildman–Crippen MR) is 105 cm³/mol. The van der Waals surface area contributed by atoms with E-state index < -0.39 is 18.2 Å². The molecule has 0 aliphatic carbocycles. The Morgan fingerprint density at radius 3 is 2.82 bits per heavy atom. The van der Waals surface area contributed by atoms with Crippen LogP contribution in [-0.4, -0.2) is 72.1 Å². The minimum Gasteiger partial charge on any atom is -0.495 e. The van der Waals surface area contributed by atoms with Crippen LogP contribution >= 0.6 is 0 Å². The molecule has 1 saturated heterocycles. The highest BCUT2D eigenvalue weighted by molar-refractivity contribution is 6.04. The molecule has 0 radical (unpaired) electrons. The molecule has 28 heavy (non-hydrogen) atoms. The molecule has 3 amide bonds. The number of imide groups is 1. The van der Waals surface area contributed by atoms with Crippen LogP contribution in [-0.2, 0) is 4.79 Å². The summed E-state index contributed by atoms with van der Waals surface area (Å²) in [6.07, 6.45) is 1.41. The maximum atomic E-state index is 12.3. The summed E-state index contributed by atoms with van der Waals surface area (Å²) in [5, 5.41) is 5.79. The van der Waals surface area contributed by atoms with Crippen molar-refractivity contribution in [3.05, 3.63) is 35.7 Å². The second kappa shape index (κ2) is 6.74. The minimum absolute atomic E-state index is 0.319. The van der Waals surface area contributed by atoms with E-state index >= 15 is 0 Å². The van der Waals surface area contributed by atoms with Crippen LogP contribution in [0.15, 0.2) is 35.1 Å². The van der Waals surface area contributed by atoms with Gasteiger partial charge in [-0.25, -0.2) is 9.79 Å². The number of methoxy groups -OCH3 is 1. The van der Waals surface area contributed by atoms with Gasteiger partial charge in [0.15, 0.2) is 12.2 Å². The summed E-state index contributed by atoms with van der Waals surface area (Å²) in [5.41, 5.74) is 3.09. The van der Waals surface area contributed by atoms with Gasteiger partial charge in [-0.3, -0.25) is 10.1 Å². The Morgan fingerprint density at radius 1 is 1.29 bits per heavy atom. The molecule has 0 saturated carbocycles. The lowest BCUT2D eigenvalue weighted by Crippen LogP contribution is -2.62. The number of urea groups is 1. The largest absolute Gasteiger partial charge is 0.495 e. The summed E-state index contributed by atoms with van der Waals surface area (Å²) in [5.74, 6) is 1.17. The Kier molecular flexibility index (Phi) is 4.37. The molecule has 1 fully saturated rings. The van der Waals surface area contributed by atoms with Gasteiger partial charge in [0.1, 0.15) is 5.75 Å². The third-order valence-electron chi connectivity index (χ3n) is 5.28. The van der Waals surface area contributed by atoms with Crippen LogP contribution in [0.25, 0.3) is 0 Å². The number of nitrogens with one attached hydrogen (secondary N) is 2. The zero-order valence-corrected chi connectivity index (χ0v) is 16.4. The highest BCUT2D eigenvalue weighted by Crippen LogP contribution is 2.32. The van der Waals surface area contributed by atoms with Crippen LogP contribution in [0, 0.1) is 6.92 Å². The lowest BCUT2D eigenvalue weighted by atomic mass is 10.1. The number of rotatable bonds is 5. The number of amides is 3. The number of ether oxygens (including phenoxy) is 1. The number of carbonyl (C=O) groups is 2. The van der Waals surface area contributed by atoms with Gasteiger partial charge in [-0.05, 0) is 31.5 Å². The van der Waals surface area contributed by atoms with Gasteiger partial charge in [0, 0.05) is 32.0 Å². The van der Waals surface area contributed by atoms with Gasteiger partial charge >= 0.3 is 6.03 Å². The minimum atomic E-state index is -0.525. The first-order chi connectivity index (χ1) is 13.4. The Hall–Kier alpha value is -3.23. The molecule has 3 heterocycles. The molecule has 1 aromatic carbocycles. The van der Waals surface area contributed by atoms with E-state index in [9.17, 15) is 9.59 Å². The monoisotopic (exact) mass is 384 g/mol. The Labute approximate surface area is 163 Å². The van der Waals surface area contributed by atoms with Crippen LogP contribution in [0.1, 0.15) is 12.5 Å². The van der Waals surface area contributed by atoms with E-state index in [4.69, 9.17) is 4.74 Å². The van der Waals surface area contributed by atoms with Crippen molar-refractivity contribution in [1.82, 2.24) is 20.0 Å². The van der Waals surface area contributed by atoms with Crippen molar-refractivity contribution >= 4 is 23.6 Å². The van der Waals surface area contributed by atoms with E-state index in [0.29, 0.717) is 19.0 Å². The van der Waals surface area contributed by atoms with E-state index in [1.165, 1.54) is 4.90 Å². The first-order valence-corrected chi connectivity index (χ1v) is 9.19. The molecule has 2 N–H and O–H groups in total. The highest BCUT2D eigenvalue weighted by Gasteiger charge is 2.51. The topological polar surface area (TPSA) is 89.5 Å². The molecule has 4 rings (SSSR count). The number of fused-ring (bicyclic) bond motifs is 3. The lowest BCUT2D eigenvalue weighted by molar-refractivity contribution is -0.126. The standard InChI is InChI=1S/C19H24N6O3/c1-11-5-6-14(28-4)13(9-11)20-7-8-24-12(2)10-25-15-16(21-18(24)25)23(3)19(27)22-17(15)26/h5-6,9-10,15-16,20H,7-8H2,1-4H3,(H,22,26,27). The predicted octanol–water partition coefficient (Wildman–Crippen LogP) is 1.14. The zero-order chi connectivity index (χ0) is 20.0. The number of nitrogens with zero attached hydrogens (tertiary/aromatic N) is 4. The molecule has 1 aromatic rings. The van der Waals surface area contributed by atoms with Gasteiger partial charge < -0.3 is 24.8 Å². The van der Waals surface area contributed by atoms with Gasteiger partial charge in [-0.15, -0.1) is 0 Å². The van der Waals surface area contributed by atoms with E-state index in [1.807, 2.05) is 43.1 Å². The number of likely N-dealkylation sites (N-methyl/N-ethyl adjacent to an activating group) is 1. The summed E-state index contributed by atoms with van der Waals surface area (Å²) in [6, 6.07) is 5.05. The lowest BCUT2D eigenvalue weighted by Gasteiger charge is -2.34. The number of guanidine groups is 1. The van der Waals surface area contributed by atoms with Crippen molar-refractivity contribution in [3.63, 3.8) is 0 Å². The third kappa shape index (κ3) is 2.83. The van der Waals surface area contributed by atoms with Gasteiger partial charge in [0.2, 0.25) is 5.96 Å². The van der Waals surface area contributed by atoms with Crippen LogP contribution in [0.4, 0.5) is 10.5 Å². The molecular weight excluding hydrogens is 360 g/mol. The van der Waals surface area contributed by atoms with Crippen molar-refractivity contribution < 1.29 is 14.3 Å². The van der Waals surface area contributed by atoms with Crippen LogP contribution < -0.4 is 15.4 Å². The van der Waals surface area contributed by atoms with E-state index in [0.717, 1.165) is 22.7 Å². The van der Waals surface area contributed by atoms with Gasteiger partial charge in [-0.1, -0.05) is 6.07 Å². The fraction of sp³-hybridized carbons (Fsp3) is 0.421. The molecule has 3 aliphatic heterocycles. The average molecular weight is 384 g/mol. The number of aliphatic imine (C=N–C) groups is 1. The first-order valence-electron chi connectivity index (χ1n) is 9.19. The molecular formula is C19H24N6O3. The molecule has 148 valence electrons. The van der Waals surface area contributed by atoms with Crippen LogP contribution in [0.2, 0.25) is 0 Å². The van der Waals surface area contributed by atoms with Crippen molar-refractivity contribution in [3.8, 4) is 5.75 Å². The first kappa shape index (κ1) is 18.1. The summed E-state index contributed by atoms with van der Waals surface area (Å²) in [7, 11) is 3.30. The Bertz CT molecular complexity index is 896. The van der Waals surface area contributed by atoms with Gasteiger partial charge in [0.25, 0.3) is 5.91 Å². The van der Waals surface area contributed by atoms with Gasteiger partial charge in [-0.2, -0.15) is 0 Å². The number of anilines is 1. The maximum Gasteiger partial charge on any atom is 0.325 e. The number of hydrogen-bond acceptors (Lipinski definition) is 7. The SMILES string of the molecule is COc1ccc(C)cc1NCCN1C(C)=CN2C1=NC1C2C(=O)NC(=O)N1C. The van der Waals surface area contributed by atoms with Crippen LogP contribution in [0.5, 0.6) is 5.75 Å². The number of carbonyl (C=O) groups excluding carboxylic acids is 2. The molecule has 2 atom stereocenters. The normalized spacial score (nSPS) is 23.2. The number of aryl methyl sites for hydroxylation is 1. The summed E-state index contributed by atoms with van der Waals surface area (Å²) in [4.78, 5) is 34.3. The quantitative estimate of drug-likeness (QED) is 0.791. The number of allylic oxidation sites excluding steroid dienone is 1. The molecule has 0 aromatic heterocycles. The molecule has 2 unspecified atom stereocenters. The zero-order valence-electron chi connectivity index (χ0n) is 16.4. The summed E-state index contributed by atoms with van der Waals surface area (Å²) >= 11 is 0. The van der Waals surface area contributed by atoms with Crippen molar-refractivity contribution in [1.29, 1.82) is 0 Å².